The highest BCUT2D eigenvalue weighted by molar-refractivity contribution is 7.92. The van der Waals surface area contributed by atoms with Crippen LogP contribution in [0.5, 0.6) is 17.2 Å². The molecule has 0 aromatic heterocycles. The second-order valence-corrected chi connectivity index (χ2v) is 10.5. The average Bonchev–Trinajstić information content (AvgIpc) is 2.92. The third kappa shape index (κ3) is 7.48. The van der Waals surface area contributed by atoms with E-state index in [1.54, 1.807) is 62.6 Å². The average molecular weight is 540 g/mol. The predicted octanol–water partition coefficient (Wildman–Crippen LogP) is 3.81. The molecule has 2 amide bonds. The van der Waals surface area contributed by atoms with Gasteiger partial charge in [0.25, 0.3) is 0 Å². The van der Waals surface area contributed by atoms with Gasteiger partial charge in [0, 0.05) is 13.6 Å². The quantitative estimate of drug-likeness (QED) is 0.375. The van der Waals surface area contributed by atoms with Crippen LogP contribution in [0.3, 0.4) is 0 Å². The number of hydrogen-bond donors (Lipinski definition) is 1. The van der Waals surface area contributed by atoms with Gasteiger partial charge in [0.15, 0.2) is 0 Å². The van der Waals surface area contributed by atoms with E-state index in [9.17, 15) is 18.0 Å². The van der Waals surface area contributed by atoms with Gasteiger partial charge in [-0.05, 0) is 60.5 Å². The minimum Gasteiger partial charge on any atom is -0.497 e. The summed E-state index contributed by atoms with van der Waals surface area (Å²) >= 11 is 0. The number of methoxy groups -OCH3 is 1. The molecular weight excluding hydrogens is 506 g/mol. The van der Waals surface area contributed by atoms with Crippen molar-refractivity contribution in [3.05, 3.63) is 84.4 Å². The number of carbonyl (C=O) groups excluding carboxylic acids is 2. The third-order valence-corrected chi connectivity index (χ3v) is 7.07. The number of hydrogen-bond acceptors (Lipinski definition) is 6. The van der Waals surface area contributed by atoms with Crippen molar-refractivity contribution in [1.29, 1.82) is 0 Å². The van der Waals surface area contributed by atoms with Gasteiger partial charge in [-0.3, -0.25) is 13.9 Å². The van der Waals surface area contributed by atoms with Crippen molar-refractivity contribution in [3.8, 4) is 17.2 Å². The Balaban J connectivity index is 1.87. The van der Waals surface area contributed by atoms with Crippen LogP contribution in [0.1, 0.15) is 18.9 Å². The zero-order chi connectivity index (χ0) is 27.7. The maximum Gasteiger partial charge on any atom is 0.244 e. The van der Waals surface area contributed by atoms with Crippen LogP contribution in [0.2, 0.25) is 0 Å². The first-order valence-corrected chi connectivity index (χ1v) is 14.0. The number of anilines is 1. The molecule has 10 heteroatoms. The normalized spacial score (nSPS) is 11.8. The molecule has 0 saturated heterocycles. The molecule has 0 aliphatic carbocycles. The van der Waals surface area contributed by atoms with Crippen molar-refractivity contribution in [3.63, 3.8) is 0 Å². The Hall–Kier alpha value is -4.05. The Kier molecular flexibility index (Phi) is 9.72. The molecule has 0 heterocycles. The number of nitrogens with one attached hydrogen (secondary N) is 1. The van der Waals surface area contributed by atoms with Crippen molar-refractivity contribution < 1.29 is 27.5 Å². The van der Waals surface area contributed by atoms with E-state index in [-0.39, 0.29) is 12.5 Å². The summed E-state index contributed by atoms with van der Waals surface area (Å²) in [5.74, 6) is 0.984. The van der Waals surface area contributed by atoms with E-state index in [1.807, 2.05) is 30.3 Å². The first-order chi connectivity index (χ1) is 18.2. The Morgan fingerprint density at radius 1 is 0.895 bits per heavy atom. The van der Waals surface area contributed by atoms with Crippen LogP contribution in [-0.2, 0) is 26.2 Å². The van der Waals surface area contributed by atoms with Gasteiger partial charge in [0.2, 0.25) is 21.8 Å². The van der Waals surface area contributed by atoms with Crippen LogP contribution < -0.4 is 19.1 Å². The van der Waals surface area contributed by atoms with Crippen molar-refractivity contribution in [2.75, 3.05) is 31.3 Å². The van der Waals surface area contributed by atoms with Gasteiger partial charge < -0.3 is 19.7 Å². The summed E-state index contributed by atoms with van der Waals surface area (Å²) in [6.07, 6.45) is 1.39. The third-order valence-electron chi connectivity index (χ3n) is 5.93. The van der Waals surface area contributed by atoms with Crippen LogP contribution >= 0.6 is 0 Å². The molecule has 9 nitrogen and oxygen atoms in total. The number of sulfonamides is 1. The maximum absolute atomic E-state index is 13.6. The Labute approximate surface area is 224 Å². The highest BCUT2D eigenvalue weighted by atomic mass is 32.2. The van der Waals surface area contributed by atoms with Gasteiger partial charge in [-0.25, -0.2) is 8.42 Å². The summed E-state index contributed by atoms with van der Waals surface area (Å²) in [4.78, 5) is 27.7. The largest absolute Gasteiger partial charge is 0.497 e. The van der Waals surface area contributed by atoms with E-state index >= 15 is 0 Å². The molecule has 0 spiro atoms. The molecule has 1 unspecified atom stereocenters. The number of amides is 2. The van der Waals surface area contributed by atoms with Crippen LogP contribution in [0.15, 0.2) is 78.9 Å². The van der Waals surface area contributed by atoms with Crippen LogP contribution in [-0.4, -0.2) is 58.1 Å². The number of rotatable bonds is 12. The molecule has 38 heavy (non-hydrogen) atoms. The summed E-state index contributed by atoms with van der Waals surface area (Å²) in [5.41, 5.74) is 1.08. The molecule has 3 aromatic carbocycles. The summed E-state index contributed by atoms with van der Waals surface area (Å²) in [5, 5.41) is 2.60. The molecular formula is C28H33N3O6S. The molecule has 3 aromatic rings. The molecule has 0 aliphatic heterocycles. The van der Waals surface area contributed by atoms with Gasteiger partial charge in [-0.15, -0.1) is 0 Å². The van der Waals surface area contributed by atoms with Gasteiger partial charge in [0.1, 0.15) is 29.8 Å². The second-order valence-electron chi connectivity index (χ2n) is 8.59. The molecule has 202 valence electrons. The fourth-order valence-corrected chi connectivity index (χ4v) is 4.78. The molecule has 0 bridgehead atoms. The lowest BCUT2D eigenvalue weighted by molar-refractivity contribution is -0.140. The highest BCUT2D eigenvalue weighted by Crippen LogP contribution is 2.26. The summed E-state index contributed by atoms with van der Waals surface area (Å²) < 4.78 is 37.5. The standard InChI is InChI=1S/C28H33N3O6S/c1-5-26(28(33)29-2)30(19-21-11-15-23(36-3)16-12-21)27(32)20-31(38(4,34)35)22-13-17-25(18-14-22)37-24-9-7-6-8-10-24/h6-18,26H,5,19-20H2,1-4H3,(H,29,33). The monoisotopic (exact) mass is 539 g/mol. The number of carbonyl (C=O) groups is 2. The Morgan fingerprint density at radius 2 is 1.47 bits per heavy atom. The van der Waals surface area contributed by atoms with Gasteiger partial charge in [0.05, 0.1) is 19.1 Å². The second kappa shape index (κ2) is 13.0. The first-order valence-electron chi connectivity index (χ1n) is 12.1. The topological polar surface area (TPSA) is 105 Å². The van der Waals surface area contributed by atoms with Crippen molar-refractivity contribution in [2.24, 2.45) is 0 Å². The van der Waals surface area contributed by atoms with E-state index in [0.29, 0.717) is 29.4 Å². The molecule has 0 saturated carbocycles. The van der Waals surface area contributed by atoms with Gasteiger partial charge in [-0.1, -0.05) is 37.3 Å². The van der Waals surface area contributed by atoms with E-state index in [1.165, 1.54) is 11.9 Å². The first kappa shape index (κ1) is 28.5. The fourth-order valence-electron chi connectivity index (χ4n) is 3.93. The summed E-state index contributed by atoms with van der Waals surface area (Å²) in [7, 11) is -0.768. The molecule has 0 radical (unpaired) electrons. The number of likely N-dealkylation sites (N-methyl/N-ethyl adjacent to an activating group) is 1. The zero-order valence-electron chi connectivity index (χ0n) is 22.0. The smallest absolute Gasteiger partial charge is 0.244 e. The van der Waals surface area contributed by atoms with Crippen molar-refractivity contribution in [2.45, 2.75) is 25.9 Å². The minimum absolute atomic E-state index is 0.121. The van der Waals surface area contributed by atoms with Gasteiger partial charge in [-0.2, -0.15) is 0 Å². The van der Waals surface area contributed by atoms with E-state index in [0.717, 1.165) is 16.1 Å². The van der Waals surface area contributed by atoms with Gasteiger partial charge >= 0.3 is 0 Å². The lowest BCUT2D eigenvalue weighted by atomic mass is 10.1. The van der Waals surface area contributed by atoms with Crippen LogP contribution in [0.4, 0.5) is 5.69 Å². The molecule has 0 aliphatic rings. The zero-order valence-corrected chi connectivity index (χ0v) is 22.8. The molecule has 0 fully saturated rings. The number of benzene rings is 3. The van der Waals surface area contributed by atoms with E-state index in [4.69, 9.17) is 9.47 Å². The summed E-state index contributed by atoms with van der Waals surface area (Å²) in [6.45, 7) is 1.45. The predicted molar refractivity (Wildman–Crippen MR) is 147 cm³/mol. The SMILES string of the molecule is CCC(C(=O)NC)N(Cc1ccc(OC)cc1)C(=O)CN(c1ccc(Oc2ccccc2)cc1)S(C)(=O)=O. The van der Waals surface area contributed by atoms with Crippen molar-refractivity contribution >= 4 is 27.5 Å². The van der Waals surface area contributed by atoms with E-state index in [2.05, 4.69) is 5.32 Å². The lowest BCUT2D eigenvalue weighted by Crippen LogP contribution is -2.51. The van der Waals surface area contributed by atoms with E-state index < -0.39 is 28.5 Å². The maximum atomic E-state index is 13.6. The number of ether oxygens (including phenoxy) is 2. The molecule has 3 rings (SSSR count). The Morgan fingerprint density at radius 3 is 2.00 bits per heavy atom. The lowest BCUT2D eigenvalue weighted by Gasteiger charge is -2.32. The highest BCUT2D eigenvalue weighted by Gasteiger charge is 2.31. The minimum atomic E-state index is -3.83. The fraction of sp³-hybridized carbons (Fsp3) is 0.286. The molecule has 1 atom stereocenters. The summed E-state index contributed by atoms with van der Waals surface area (Å²) in [6, 6.07) is 22.0. The number of nitrogens with zero attached hydrogens (tertiary/aromatic N) is 2. The van der Waals surface area contributed by atoms with Crippen LogP contribution in [0.25, 0.3) is 0 Å². The Bertz CT molecular complexity index is 1310. The molecule has 1 N–H and O–H groups in total. The number of para-hydroxylation sites is 1. The van der Waals surface area contributed by atoms with Crippen LogP contribution in [0, 0.1) is 0 Å². The van der Waals surface area contributed by atoms with Crippen molar-refractivity contribution in [1.82, 2.24) is 10.2 Å².